The van der Waals surface area contributed by atoms with Gasteiger partial charge in [0.05, 0.1) is 15.7 Å². The van der Waals surface area contributed by atoms with E-state index in [0.717, 1.165) is 0 Å². The number of aromatic nitrogens is 2. The zero-order chi connectivity index (χ0) is 14.9. The highest BCUT2D eigenvalue weighted by molar-refractivity contribution is 9.10. The molecule has 1 aromatic heterocycles. The third-order valence-electron chi connectivity index (χ3n) is 2.49. The van der Waals surface area contributed by atoms with Crippen LogP contribution >= 0.6 is 39.1 Å². The van der Waals surface area contributed by atoms with Crippen molar-refractivity contribution in [1.82, 2.24) is 9.97 Å². The summed E-state index contributed by atoms with van der Waals surface area (Å²) in [7, 11) is 0. The van der Waals surface area contributed by atoms with Crippen LogP contribution < -0.4 is 5.32 Å². The Morgan fingerprint density at radius 3 is 2.30 bits per heavy atom. The van der Waals surface area contributed by atoms with Crippen molar-refractivity contribution in [1.29, 1.82) is 0 Å². The summed E-state index contributed by atoms with van der Waals surface area (Å²) in [5.41, 5.74) is 0.412. The number of anilines is 2. The van der Waals surface area contributed by atoms with Gasteiger partial charge in [-0.15, -0.1) is 0 Å². The van der Waals surface area contributed by atoms with Gasteiger partial charge >= 0.3 is 0 Å². The molecular weight excluding hydrogens is 368 g/mol. The molecule has 2 aromatic rings. The Morgan fingerprint density at radius 1 is 1.15 bits per heavy atom. The lowest BCUT2D eigenvalue weighted by Crippen LogP contribution is -2.03. The predicted octanol–water partition coefficient (Wildman–Crippen LogP) is 5.55. The van der Waals surface area contributed by atoms with Crippen molar-refractivity contribution < 1.29 is 4.39 Å². The van der Waals surface area contributed by atoms with Gasteiger partial charge in [0.15, 0.2) is 0 Å². The van der Waals surface area contributed by atoms with Gasteiger partial charge in [-0.25, -0.2) is 14.4 Å². The summed E-state index contributed by atoms with van der Waals surface area (Å²) in [6.07, 6.45) is 0. The van der Waals surface area contributed by atoms with E-state index in [1.807, 2.05) is 13.8 Å². The minimum absolute atomic E-state index is 0.173. The van der Waals surface area contributed by atoms with Crippen LogP contribution in [0.15, 0.2) is 22.8 Å². The van der Waals surface area contributed by atoms with Crippen LogP contribution in [0, 0.1) is 5.82 Å². The summed E-state index contributed by atoms with van der Waals surface area (Å²) in [4.78, 5) is 8.64. The van der Waals surface area contributed by atoms with Crippen molar-refractivity contribution in [2.75, 3.05) is 5.32 Å². The molecule has 0 saturated carbocycles. The number of hydrogen-bond acceptors (Lipinski definition) is 3. The molecule has 20 heavy (non-hydrogen) atoms. The molecule has 0 bridgehead atoms. The lowest BCUT2D eigenvalue weighted by molar-refractivity contribution is 0.628. The van der Waals surface area contributed by atoms with E-state index in [2.05, 4.69) is 31.2 Å². The lowest BCUT2D eigenvalue weighted by Gasteiger charge is -2.12. The fourth-order valence-electron chi connectivity index (χ4n) is 1.55. The molecule has 0 spiro atoms. The van der Waals surface area contributed by atoms with Crippen LogP contribution in [-0.2, 0) is 0 Å². The zero-order valence-electron chi connectivity index (χ0n) is 10.7. The Kier molecular flexibility index (Phi) is 4.83. The summed E-state index contributed by atoms with van der Waals surface area (Å²) in [5, 5.41) is 3.37. The molecule has 2 rings (SSSR count). The smallest absolute Gasteiger partial charge is 0.135 e. The number of nitrogens with zero attached hydrogens (tertiary/aromatic N) is 2. The molecule has 0 aliphatic heterocycles. The average molecular weight is 379 g/mol. The van der Waals surface area contributed by atoms with Gasteiger partial charge in [-0.05, 0) is 28.1 Å². The van der Waals surface area contributed by atoms with Gasteiger partial charge in [-0.1, -0.05) is 37.0 Å². The van der Waals surface area contributed by atoms with E-state index >= 15 is 0 Å². The Bertz CT molecular complexity index is 627. The van der Waals surface area contributed by atoms with Crippen LogP contribution in [-0.4, -0.2) is 9.97 Å². The van der Waals surface area contributed by atoms with Crippen LogP contribution in [0.1, 0.15) is 25.6 Å². The van der Waals surface area contributed by atoms with Crippen LogP contribution in [0.5, 0.6) is 0 Å². The molecule has 1 aromatic carbocycles. The van der Waals surface area contributed by atoms with Gasteiger partial charge in [-0.2, -0.15) is 0 Å². The van der Waals surface area contributed by atoms with E-state index < -0.39 is 5.82 Å². The first kappa shape index (κ1) is 15.5. The zero-order valence-corrected chi connectivity index (χ0v) is 13.8. The molecule has 106 valence electrons. The monoisotopic (exact) mass is 377 g/mol. The average Bonchev–Trinajstić information content (AvgIpc) is 2.33. The predicted molar refractivity (Wildman–Crippen MR) is 83.5 cm³/mol. The molecule has 0 fully saturated rings. The minimum atomic E-state index is -0.489. The summed E-state index contributed by atoms with van der Waals surface area (Å²) < 4.78 is 13.8. The van der Waals surface area contributed by atoms with E-state index in [4.69, 9.17) is 23.2 Å². The number of halogens is 4. The number of benzene rings is 1. The molecule has 1 N–H and O–H groups in total. The molecule has 0 radical (unpaired) electrons. The van der Waals surface area contributed by atoms with Crippen LogP contribution in [0.4, 0.5) is 15.9 Å². The molecule has 7 heteroatoms. The highest BCUT2D eigenvalue weighted by Crippen LogP contribution is 2.33. The van der Waals surface area contributed by atoms with E-state index in [0.29, 0.717) is 21.9 Å². The quantitative estimate of drug-likeness (QED) is 0.711. The van der Waals surface area contributed by atoms with Crippen molar-refractivity contribution in [2.24, 2.45) is 0 Å². The standard InChI is InChI=1S/C13H11BrCl2FN3/c1-6(2)13-18-10(14)5-11(20-13)19-12-8(15)3-7(17)4-9(12)16/h3-6H,1-2H3,(H,18,19,20). The molecule has 0 amide bonds. The number of rotatable bonds is 3. The molecule has 0 aliphatic rings. The van der Waals surface area contributed by atoms with E-state index in [1.54, 1.807) is 6.07 Å². The van der Waals surface area contributed by atoms with Crippen LogP contribution in [0.2, 0.25) is 10.0 Å². The fourth-order valence-corrected chi connectivity index (χ4v) is 2.50. The second-order valence-corrected chi connectivity index (χ2v) is 6.09. The third-order valence-corrected chi connectivity index (χ3v) is 3.49. The van der Waals surface area contributed by atoms with Crippen LogP contribution in [0.25, 0.3) is 0 Å². The molecular formula is C13H11BrCl2FN3. The first-order valence-corrected chi connectivity index (χ1v) is 7.37. The molecule has 1 heterocycles. The number of nitrogens with one attached hydrogen (secondary N) is 1. The maximum Gasteiger partial charge on any atom is 0.135 e. The van der Waals surface area contributed by atoms with E-state index in [9.17, 15) is 4.39 Å². The van der Waals surface area contributed by atoms with Gasteiger partial charge in [0.2, 0.25) is 0 Å². The van der Waals surface area contributed by atoms with E-state index in [1.165, 1.54) is 12.1 Å². The molecule has 0 atom stereocenters. The second kappa shape index (κ2) is 6.24. The van der Waals surface area contributed by atoms with Crippen molar-refractivity contribution >= 4 is 50.6 Å². The van der Waals surface area contributed by atoms with Gasteiger partial charge in [-0.3, -0.25) is 0 Å². The second-order valence-electron chi connectivity index (χ2n) is 4.46. The fraction of sp³-hybridized carbons (Fsp3) is 0.231. The highest BCUT2D eigenvalue weighted by Gasteiger charge is 2.12. The number of hydrogen-bond donors (Lipinski definition) is 1. The summed E-state index contributed by atoms with van der Waals surface area (Å²) >= 11 is 15.3. The minimum Gasteiger partial charge on any atom is -0.338 e. The Morgan fingerprint density at radius 2 is 1.75 bits per heavy atom. The van der Waals surface area contributed by atoms with Crippen molar-refractivity contribution in [3.8, 4) is 0 Å². The summed E-state index contributed by atoms with van der Waals surface area (Å²) in [5.74, 6) is 0.895. The Balaban J connectivity index is 2.40. The van der Waals surface area contributed by atoms with E-state index in [-0.39, 0.29) is 16.0 Å². The van der Waals surface area contributed by atoms with Crippen molar-refractivity contribution in [3.05, 3.63) is 44.5 Å². The maximum absolute atomic E-state index is 13.2. The van der Waals surface area contributed by atoms with Gasteiger partial charge in [0, 0.05) is 12.0 Å². The van der Waals surface area contributed by atoms with Crippen molar-refractivity contribution in [2.45, 2.75) is 19.8 Å². The highest BCUT2D eigenvalue weighted by atomic mass is 79.9. The first-order valence-electron chi connectivity index (χ1n) is 5.83. The largest absolute Gasteiger partial charge is 0.338 e. The normalized spacial score (nSPS) is 10.9. The van der Waals surface area contributed by atoms with Crippen LogP contribution in [0.3, 0.4) is 0 Å². The Labute approximate surface area is 134 Å². The molecule has 0 saturated heterocycles. The topological polar surface area (TPSA) is 37.8 Å². The summed E-state index contributed by atoms with van der Waals surface area (Å²) in [6.45, 7) is 3.98. The van der Waals surface area contributed by atoms with Gasteiger partial charge in [0.1, 0.15) is 22.1 Å². The lowest BCUT2D eigenvalue weighted by atomic mass is 10.2. The molecule has 3 nitrogen and oxygen atoms in total. The SMILES string of the molecule is CC(C)c1nc(Br)cc(Nc2c(Cl)cc(F)cc2Cl)n1. The Hall–Kier alpha value is -0.910. The maximum atomic E-state index is 13.2. The third kappa shape index (κ3) is 3.59. The summed E-state index contributed by atoms with van der Waals surface area (Å²) in [6, 6.07) is 4.08. The van der Waals surface area contributed by atoms with Crippen molar-refractivity contribution in [3.63, 3.8) is 0 Å². The molecule has 0 unspecified atom stereocenters. The first-order chi connectivity index (χ1) is 9.36. The molecule has 0 aliphatic carbocycles. The van der Waals surface area contributed by atoms with Gasteiger partial charge < -0.3 is 5.32 Å². The van der Waals surface area contributed by atoms with Gasteiger partial charge in [0.25, 0.3) is 0 Å².